The second-order valence-electron chi connectivity index (χ2n) is 15.9. The van der Waals surface area contributed by atoms with E-state index < -0.39 is 45.8 Å². The zero-order chi connectivity index (χ0) is 42.6. The van der Waals surface area contributed by atoms with Crippen LogP contribution in [0.15, 0.2) is 50.5 Å². The average Bonchev–Trinajstić information content (AvgIpc) is 3.98. The largest absolute Gasteiger partial charge is 0.403 e. The summed E-state index contributed by atoms with van der Waals surface area (Å²) in [6.07, 6.45) is 10.5. The molecule has 1 aliphatic heterocycles. The lowest BCUT2D eigenvalue weighted by atomic mass is 9.81. The number of unbranched alkanes of at least 4 members (excludes halogenated alkanes) is 1. The maximum absolute atomic E-state index is 13.4. The molecule has 0 bridgehead atoms. The number of hydrogen-bond donors (Lipinski definition) is 4. The summed E-state index contributed by atoms with van der Waals surface area (Å²) in [4.78, 5) is 95.9. The molecule has 8 rings (SSSR count). The third kappa shape index (κ3) is 10.0. The van der Waals surface area contributed by atoms with Gasteiger partial charge in [0.1, 0.15) is 16.3 Å². The van der Waals surface area contributed by atoms with Crippen LogP contribution in [0.5, 0.6) is 12.0 Å². The molecule has 20 heteroatoms. The van der Waals surface area contributed by atoms with Gasteiger partial charge in [0.15, 0.2) is 0 Å². The van der Waals surface area contributed by atoms with Crippen molar-refractivity contribution < 1.29 is 36.9 Å². The fourth-order valence-electron chi connectivity index (χ4n) is 7.80. The number of amides is 3. The van der Waals surface area contributed by atoms with Gasteiger partial charge < -0.3 is 23.8 Å². The number of imide groups is 1. The highest BCUT2D eigenvalue weighted by molar-refractivity contribution is 6.08. The molecule has 0 unspecified atom stereocenters. The molecule has 3 amide bonds. The Hall–Kier alpha value is -6.08. The van der Waals surface area contributed by atoms with Gasteiger partial charge in [-0.2, -0.15) is 9.97 Å². The summed E-state index contributed by atoms with van der Waals surface area (Å²) >= 11 is 0. The maximum atomic E-state index is 13.4. The van der Waals surface area contributed by atoms with Crippen molar-refractivity contribution in [2.45, 2.75) is 128 Å². The molecule has 4 aromatic rings. The van der Waals surface area contributed by atoms with Crippen molar-refractivity contribution in [3.05, 3.63) is 64.8 Å². The van der Waals surface area contributed by atoms with Gasteiger partial charge in [-0.25, -0.2) is 23.2 Å². The number of nitrogens with zero attached hydrogens (tertiary/aromatic N) is 4. The van der Waals surface area contributed by atoms with Crippen molar-refractivity contribution in [2.75, 3.05) is 0 Å². The van der Waals surface area contributed by atoms with Gasteiger partial charge in [0.2, 0.25) is 17.3 Å². The van der Waals surface area contributed by atoms with Crippen molar-refractivity contribution in [1.82, 2.24) is 30.6 Å². The number of carbonyl (C=O) groups excluding carboxylic acids is 2. The first-order valence-electron chi connectivity index (χ1n) is 20.3. The van der Waals surface area contributed by atoms with E-state index in [1.165, 1.54) is 25.0 Å². The highest BCUT2D eigenvalue weighted by atomic mass is 19.3. The van der Waals surface area contributed by atoms with Crippen molar-refractivity contribution in [1.29, 1.82) is 0 Å². The number of hydrogen-bond acceptors (Lipinski definition) is 14. The van der Waals surface area contributed by atoms with E-state index in [2.05, 4.69) is 40.9 Å². The minimum Gasteiger partial charge on any atom is -0.403 e. The van der Waals surface area contributed by atoms with Crippen molar-refractivity contribution >= 4 is 45.6 Å². The summed E-state index contributed by atoms with van der Waals surface area (Å²) in [5, 5.41) is 13.4. The lowest BCUT2D eigenvalue weighted by molar-refractivity contribution is -0.124. The van der Waals surface area contributed by atoms with E-state index in [0.29, 0.717) is 86.8 Å². The number of nitrogens with one attached hydrogen (secondary N) is 4. The van der Waals surface area contributed by atoms with Crippen LogP contribution in [0.4, 0.5) is 13.6 Å². The van der Waals surface area contributed by atoms with Gasteiger partial charge in [-0.3, -0.25) is 29.7 Å². The topological polar surface area (TPSA) is 253 Å². The molecule has 4 fully saturated rings. The third-order valence-corrected chi connectivity index (χ3v) is 11.4. The zero-order valence-electron chi connectivity index (χ0n) is 33.3. The third-order valence-electron chi connectivity index (χ3n) is 11.4. The quantitative estimate of drug-likeness (QED) is 0.105. The van der Waals surface area contributed by atoms with E-state index in [4.69, 9.17) is 18.5 Å². The Morgan fingerprint density at radius 1 is 0.783 bits per heavy atom. The molecular formula is C40H46F2N8O10. The van der Waals surface area contributed by atoms with Gasteiger partial charge >= 0.3 is 29.3 Å². The first-order chi connectivity index (χ1) is 28.7. The monoisotopic (exact) mass is 836 g/mol. The maximum Gasteiger partial charge on any atom is 0.337 e. The zero-order valence-corrected chi connectivity index (χ0v) is 33.3. The van der Waals surface area contributed by atoms with Crippen LogP contribution >= 0.6 is 0 Å². The number of aryl methyl sites for hydroxylation is 2. The van der Waals surface area contributed by atoms with E-state index in [-0.39, 0.29) is 40.1 Å². The number of H-pyrrole nitrogens is 2. The smallest absolute Gasteiger partial charge is 0.337 e. The molecule has 1 saturated heterocycles. The minimum atomic E-state index is -2.70. The molecule has 0 atom stereocenters. The SMILES string of the molecule is CCCCc1cc(=O)oc2nc(ON=C3CCC(C(C)(F)F)CC3)[nH]c(=O)c12.O=C1NC(=O)C2(CCC(=NOc3nc4oc(=O)cc(CCCC5CC5)c4c(=O)[nH]3)CC2)N1. The number of aromatic nitrogens is 4. The van der Waals surface area contributed by atoms with Gasteiger partial charge in [0, 0.05) is 18.1 Å². The normalized spacial score (nSPS) is 20.4. The molecular weight excluding hydrogens is 790 g/mol. The molecule has 0 aromatic carbocycles. The van der Waals surface area contributed by atoms with E-state index in [0.717, 1.165) is 38.5 Å². The van der Waals surface area contributed by atoms with Crippen molar-refractivity contribution in [2.24, 2.45) is 22.1 Å². The number of halogens is 2. The van der Waals surface area contributed by atoms with Crippen LogP contribution in [0, 0.1) is 11.8 Å². The molecule has 3 saturated carbocycles. The van der Waals surface area contributed by atoms with Gasteiger partial charge in [0.05, 0.1) is 11.4 Å². The Labute approximate surface area is 339 Å². The summed E-state index contributed by atoms with van der Waals surface area (Å²) in [7, 11) is 0. The highest BCUT2D eigenvalue weighted by Gasteiger charge is 2.47. The molecule has 4 aromatic heterocycles. The lowest BCUT2D eigenvalue weighted by Crippen LogP contribution is -2.49. The van der Waals surface area contributed by atoms with E-state index >= 15 is 0 Å². The summed E-state index contributed by atoms with van der Waals surface area (Å²) in [6.45, 7) is 2.94. The van der Waals surface area contributed by atoms with Crippen LogP contribution in [0.2, 0.25) is 0 Å². The Bertz CT molecular complexity index is 2570. The predicted molar refractivity (Wildman–Crippen MR) is 213 cm³/mol. The molecule has 1 spiro atoms. The second kappa shape index (κ2) is 17.6. The molecule has 4 aliphatic rings. The molecule has 0 radical (unpaired) electrons. The van der Waals surface area contributed by atoms with E-state index in [1.807, 2.05) is 6.92 Å². The van der Waals surface area contributed by atoms with Gasteiger partial charge in [-0.1, -0.05) is 42.9 Å². The van der Waals surface area contributed by atoms with Crippen LogP contribution in [-0.4, -0.2) is 54.8 Å². The first kappa shape index (κ1) is 42.1. The van der Waals surface area contributed by atoms with Crippen molar-refractivity contribution in [3.63, 3.8) is 0 Å². The Balaban J connectivity index is 0.000000183. The number of rotatable bonds is 12. The Kier molecular flexibility index (Phi) is 12.4. The highest BCUT2D eigenvalue weighted by Crippen LogP contribution is 2.36. The summed E-state index contributed by atoms with van der Waals surface area (Å²) in [5.74, 6) is -2.93. The number of urea groups is 1. The first-order valence-corrected chi connectivity index (χ1v) is 20.3. The van der Waals surface area contributed by atoms with Crippen LogP contribution in [0.1, 0.15) is 115 Å². The van der Waals surface area contributed by atoms with Gasteiger partial charge in [-0.15, -0.1) is 0 Å². The molecule has 3 aliphatic carbocycles. The fourth-order valence-corrected chi connectivity index (χ4v) is 7.80. The number of aromatic amines is 2. The van der Waals surface area contributed by atoms with Gasteiger partial charge in [-0.05, 0) is 101 Å². The standard InChI is InChI=1S/C21H23N5O6.C19H23F2N3O4/c27-14-10-12(3-1-2-11-4-5-11)15-16(28)22-20(23-17(15)31-14)32-26-13-6-8-21(9-7-13)18(29)24-19(30)25-21;1-3-4-5-11-10-14(25)27-17-15(11)16(26)22-18(23-17)28-24-13-8-6-12(7-9-13)19(2,20)21/h10-11H,1-9H2,(H,22,23,28)(H2,24,25,29,30);10,12H,3-9H2,1-2H3,(H,22,23,26). The number of oxime groups is 2. The number of fused-ring (bicyclic) bond motifs is 2. The second-order valence-corrected chi connectivity index (χ2v) is 15.9. The van der Waals surface area contributed by atoms with Gasteiger partial charge in [0.25, 0.3) is 17.0 Å². The fraction of sp³-hybridized carbons (Fsp3) is 0.550. The summed E-state index contributed by atoms with van der Waals surface area (Å²) in [5.41, 5.74) is -0.673. The molecule has 60 heavy (non-hydrogen) atoms. The van der Waals surface area contributed by atoms with E-state index in [9.17, 15) is 37.5 Å². The van der Waals surface area contributed by atoms with Crippen LogP contribution in [0.3, 0.4) is 0 Å². The Morgan fingerprint density at radius 3 is 1.77 bits per heavy atom. The lowest BCUT2D eigenvalue weighted by Gasteiger charge is -2.30. The van der Waals surface area contributed by atoms with Crippen molar-refractivity contribution in [3.8, 4) is 12.0 Å². The Morgan fingerprint density at radius 2 is 1.30 bits per heavy atom. The number of carbonyl (C=O) groups is 2. The number of alkyl halides is 2. The molecule has 5 heterocycles. The van der Waals surface area contributed by atoms with E-state index in [1.54, 1.807) is 0 Å². The van der Waals surface area contributed by atoms with Crippen LogP contribution in [-0.2, 0) is 17.6 Å². The molecule has 320 valence electrons. The predicted octanol–water partition coefficient (Wildman–Crippen LogP) is 5.30. The minimum absolute atomic E-state index is 0.0780. The summed E-state index contributed by atoms with van der Waals surface area (Å²) in [6, 6.07) is 1.78. The van der Waals surface area contributed by atoms with Crippen LogP contribution < -0.4 is 42.7 Å². The molecule has 18 nitrogen and oxygen atoms in total. The average molecular weight is 837 g/mol. The summed E-state index contributed by atoms with van der Waals surface area (Å²) < 4.78 is 36.9. The molecule has 4 N–H and O–H groups in total. The van der Waals surface area contributed by atoms with Crippen LogP contribution in [0.25, 0.3) is 22.2 Å².